The first kappa shape index (κ1) is 23.9. The number of nitrogen functional groups attached to an aromatic ring is 1. The van der Waals surface area contributed by atoms with Crippen molar-refractivity contribution in [2.24, 2.45) is 7.05 Å². The Balaban J connectivity index is 0.000000356. The zero-order valence-electron chi connectivity index (χ0n) is 19.2. The number of nitrogens with one attached hydrogen (secondary N) is 1. The second-order valence-electron chi connectivity index (χ2n) is 8.15. The summed E-state index contributed by atoms with van der Waals surface area (Å²) in [6.45, 7) is -0.125. The summed E-state index contributed by atoms with van der Waals surface area (Å²) in [4.78, 5) is 25.0. The van der Waals surface area contributed by atoms with Crippen LogP contribution in [0.5, 0.6) is 0 Å². The number of benzene rings is 2. The first-order valence-corrected chi connectivity index (χ1v) is 10.7. The number of hydrogen-bond acceptors (Lipinski definition) is 8. The Morgan fingerprint density at radius 1 is 0.971 bits per heavy atom. The van der Waals surface area contributed by atoms with Crippen molar-refractivity contribution < 1.29 is 13.6 Å². The number of carbonyl (C=O) groups excluding carboxylic acids is 1. The average molecular weight is 479 g/mol. The van der Waals surface area contributed by atoms with Crippen LogP contribution >= 0.6 is 0 Å². The third-order valence-electron chi connectivity index (χ3n) is 5.18. The molecule has 0 atom stereocenters. The van der Waals surface area contributed by atoms with E-state index in [0.717, 1.165) is 28.8 Å². The van der Waals surface area contributed by atoms with Gasteiger partial charge in [0.25, 0.3) is 5.92 Å². The number of alkyl halides is 2. The van der Waals surface area contributed by atoms with Gasteiger partial charge in [-0.1, -0.05) is 36.4 Å². The highest BCUT2D eigenvalue weighted by atomic mass is 19.3. The molecule has 2 aromatic carbocycles. The molecule has 0 amide bonds. The maximum Gasteiger partial charge on any atom is 0.272 e. The summed E-state index contributed by atoms with van der Waals surface area (Å²) in [6, 6.07) is 16.7. The molecule has 1 aliphatic heterocycles. The monoisotopic (exact) mass is 478 g/mol. The van der Waals surface area contributed by atoms with E-state index in [1.807, 2.05) is 49.5 Å². The fourth-order valence-electron chi connectivity index (χ4n) is 3.46. The summed E-state index contributed by atoms with van der Waals surface area (Å²) < 4.78 is 25.2. The minimum atomic E-state index is -2.38. The smallest absolute Gasteiger partial charge is 0.272 e. The molecular formula is C24H24F2N8O. The van der Waals surface area contributed by atoms with Gasteiger partial charge in [-0.3, -0.25) is 9.69 Å². The van der Waals surface area contributed by atoms with Crippen LogP contribution in [0.3, 0.4) is 0 Å². The van der Waals surface area contributed by atoms with Gasteiger partial charge in [0.05, 0.1) is 18.8 Å². The number of aryl methyl sites for hydroxylation is 1. The molecular weight excluding hydrogens is 454 g/mol. The number of aromatic nitrogens is 5. The Bertz CT molecular complexity index is 1300. The van der Waals surface area contributed by atoms with Gasteiger partial charge in [0.2, 0.25) is 11.9 Å². The number of carbonyl (C=O) groups is 1. The van der Waals surface area contributed by atoms with E-state index in [4.69, 9.17) is 5.73 Å². The second-order valence-corrected chi connectivity index (χ2v) is 8.15. The highest BCUT2D eigenvalue weighted by Crippen LogP contribution is 2.24. The van der Waals surface area contributed by atoms with Gasteiger partial charge in [-0.2, -0.15) is 4.98 Å². The number of nitrogens with two attached hydrogens (primary N) is 1. The molecule has 0 unspecified atom stereocenters. The third kappa shape index (κ3) is 6.01. The molecule has 0 radical (unpaired) electrons. The number of halogens is 2. The van der Waals surface area contributed by atoms with Crippen molar-refractivity contribution in [1.29, 1.82) is 0 Å². The molecule has 0 spiro atoms. The van der Waals surface area contributed by atoms with Crippen molar-refractivity contribution in [3.05, 3.63) is 66.4 Å². The maximum atomic E-state index is 11.7. The molecule has 1 aliphatic rings. The summed E-state index contributed by atoms with van der Waals surface area (Å²) >= 11 is 0. The van der Waals surface area contributed by atoms with Crippen LogP contribution in [0.25, 0.3) is 22.6 Å². The van der Waals surface area contributed by atoms with Crippen molar-refractivity contribution >= 4 is 23.9 Å². The van der Waals surface area contributed by atoms with Crippen molar-refractivity contribution in [1.82, 2.24) is 29.6 Å². The predicted octanol–water partition coefficient (Wildman–Crippen LogP) is 3.64. The van der Waals surface area contributed by atoms with E-state index in [2.05, 4.69) is 25.4 Å². The second kappa shape index (κ2) is 9.94. The summed E-state index contributed by atoms with van der Waals surface area (Å²) in [5, 5.41) is 7.68. The van der Waals surface area contributed by atoms with Crippen molar-refractivity contribution in [3.63, 3.8) is 0 Å². The van der Waals surface area contributed by atoms with Gasteiger partial charge >= 0.3 is 0 Å². The minimum Gasteiger partial charge on any atom is -0.368 e. The number of aldehydes is 1. The zero-order valence-corrected chi connectivity index (χ0v) is 19.2. The van der Waals surface area contributed by atoms with E-state index < -0.39 is 5.92 Å². The normalized spacial score (nSPS) is 14.4. The summed E-state index contributed by atoms with van der Waals surface area (Å²) in [6.07, 6.45) is 2.44. The van der Waals surface area contributed by atoms with E-state index in [1.165, 1.54) is 0 Å². The van der Waals surface area contributed by atoms with E-state index >= 15 is 0 Å². The summed E-state index contributed by atoms with van der Waals surface area (Å²) in [5.41, 5.74) is 9.66. The Kier molecular flexibility index (Phi) is 6.78. The fraction of sp³-hybridized carbons (Fsp3) is 0.208. The standard InChI is InChI=1S/C20H17N7O.C4H7F2N/c1-27-20(25-18(26-27)15-4-2-13(12-28)3-5-15)23-16-8-6-14(7-9-16)17-10-11-22-19(21)24-17;1-7-2-4(5,6)3-7/h2-12H,1H3,(H2,21,22,24)(H,23,25,26);2-3H2,1H3. The number of nitrogens with zero attached hydrogens (tertiary/aromatic N) is 6. The number of rotatable bonds is 5. The molecule has 5 rings (SSSR count). The molecule has 11 heteroatoms. The van der Waals surface area contributed by atoms with Crippen LogP contribution < -0.4 is 11.1 Å². The lowest BCUT2D eigenvalue weighted by atomic mass is 10.1. The van der Waals surface area contributed by atoms with Crippen LogP contribution in [0.2, 0.25) is 0 Å². The maximum absolute atomic E-state index is 11.7. The topological polar surface area (TPSA) is 115 Å². The van der Waals surface area contributed by atoms with Crippen LogP contribution in [0, 0.1) is 0 Å². The lowest BCUT2D eigenvalue weighted by Gasteiger charge is -2.35. The quantitative estimate of drug-likeness (QED) is 0.418. The Morgan fingerprint density at radius 3 is 2.17 bits per heavy atom. The Morgan fingerprint density at radius 2 is 1.63 bits per heavy atom. The van der Waals surface area contributed by atoms with Gasteiger partial charge < -0.3 is 11.1 Å². The Labute approximate surface area is 200 Å². The third-order valence-corrected chi connectivity index (χ3v) is 5.18. The highest BCUT2D eigenvalue weighted by molar-refractivity contribution is 5.76. The molecule has 0 bridgehead atoms. The zero-order chi connectivity index (χ0) is 25.0. The van der Waals surface area contributed by atoms with Crippen LogP contribution in [-0.4, -0.2) is 62.0 Å². The molecule has 0 saturated carbocycles. The summed E-state index contributed by atoms with van der Waals surface area (Å²) in [7, 11) is 3.49. The lowest BCUT2D eigenvalue weighted by Crippen LogP contribution is -2.53. The summed E-state index contributed by atoms with van der Waals surface area (Å²) in [5.74, 6) is -0.953. The largest absolute Gasteiger partial charge is 0.368 e. The van der Waals surface area contributed by atoms with Gasteiger partial charge in [0.15, 0.2) is 5.82 Å². The number of anilines is 3. The first-order valence-electron chi connectivity index (χ1n) is 10.7. The minimum absolute atomic E-state index is 0.0625. The molecule has 180 valence electrons. The van der Waals surface area contributed by atoms with E-state index in [1.54, 1.807) is 35.0 Å². The number of hydrogen-bond donors (Lipinski definition) is 2. The van der Waals surface area contributed by atoms with Gasteiger partial charge in [0, 0.05) is 35.6 Å². The molecule has 35 heavy (non-hydrogen) atoms. The van der Waals surface area contributed by atoms with Crippen molar-refractivity contribution in [3.8, 4) is 22.6 Å². The average Bonchev–Trinajstić information content (AvgIpc) is 3.19. The van der Waals surface area contributed by atoms with Gasteiger partial charge in [-0.05, 0) is 25.2 Å². The van der Waals surface area contributed by atoms with E-state index in [-0.39, 0.29) is 19.0 Å². The lowest BCUT2D eigenvalue weighted by molar-refractivity contribution is -0.119. The van der Waals surface area contributed by atoms with Crippen LogP contribution in [-0.2, 0) is 7.05 Å². The fourth-order valence-corrected chi connectivity index (χ4v) is 3.46. The molecule has 4 aromatic rings. The predicted molar refractivity (Wildman–Crippen MR) is 129 cm³/mol. The van der Waals surface area contributed by atoms with Crippen molar-refractivity contribution in [2.75, 3.05) is 31.2 Å². The van der Waals surface area contributed by atoms with Crippen molar-refractivity contribution in [2.45, 2.75) is 5.92 Å². The van der Waals surface area contributed by atoms with Gasteiger partial charge in [-0.15, -0.1) is 5.10 Å². The molecule has 0 aliphatic carbocycles. The molecule has 3 heterocycles. The van der Waals surface area contributed by atoms with Gasteiger partial charge in [0.1, 0.15) is 6.29 Å². The Hall–Kier alpha value is -4.25. The van der Waals surface area contributed by atoms with Gasteiger partial charge in [-0.25, -0.2) is 23.4 Å². The van der Waals surface area contributed by atoms with E-state index in [0.29, 0.717) is 17.3 Å². The highest BCUT2D eigenvalue weighted by Gasteiger charge is 2.41. The molecule has 3 N–H and O–H groups in total. The molecule has 1 fully saturated rings. The SMILES string of the molecule is CN1CC(F)(F)C1.Cn1nc(-c2ccc(C=O)cc2)nc1Nc1ccc(-c2ccnc(N)n2)cc1. The van der Waals surface area contributed by atoms with Crippen LogP contribution in [0.4, 0.5) is 26.4 Å². The first-order chi connectivity index (χ1) is 16.7. The van der Waals surface area contributed by atoms with Crippen LogP contribution in [0.15, 0.2) is 60.8 Å². The molecule has 1 saturated heterocycles. The molecule has 2 aromatic heterocycles. The molecule has 9 nitrogen and oxygen atoms in total. The van der Waals surface area contributed by atoms with Crippen LogP contribution in [0.1, 0.15) is 10.4 Å². The van der Waals surface area contributed by atoms with E-state index in [9.17, 15) is 13.6 Å². The number of likely N-dealkylation sites (tertiary alicyclic amines) is 1.